The largest absolute Gasteiger partial charge is 0.453 e. The van der Waals surface area contributed by atoms with E-state index in [9.17, 15) is 18.5 Å². The molecule has 2 aliphatic rings. The molecule has 3 aromatic rings. The third-order valence-electron chi connectivity index (χ3n) is 8.34. The molecule has 0 bridgehead atoms. The topological polar surface area (TPSA) is 130 Å². The van der Waals surface area contributed by atoms with Crippen LogP contribution < -0.4 is 4.90 Å². The summed E-state index contributed by atoms with van der Waals surface area (Å²) in [5, 5.41) is 9.66. The zero-order valence-electron chi connectivity index (χ0n) is 23.9. The van der Waals surface area contributed by atoms with Gasteiger partial charge in [-0.1, -0.05) is 0 Å². The number of carbonyl (C=O) groups excluding carboxylic acids is 1. The van der Waals surface area contributed by atoms with Crippen molar-refractivity contribution >= 4 is 21.8 Å². The number of imidazole rings is 2. The summed E-state index contributed by atoms with van der Waals surface area (Å²) in [6.45, 7) is 4.11. The number of fused-ring (bicyclic) bond motifs is 1. The SMILES string of the molecule is COC(=O)N1CCC(CN(C2Cc3cc(C#N)ccc3N(Cc3cncn3C)C2)S(=O)(=O)c2ncn(C)c2C)CC1. The molecule has 2 aromatic heterocycles. The molecule has 1 atom stereocenters. The molecular formula is C28H36N8O4S. The molecule has 12 nitrogen and oxygen atoms in total. The highest BCUT2D eigenvalue weighted by atomic mass is 32.2. The first kappa shape index (κ1) is 28.6. The lowest BCUT2D eigenvalue weighted by atomic mass is 9.93. The Morgan fingerprint density at radius 3 is 2.56 bits per heavy atom. The van der Waals surface area contributed by atoms with Crippen LogP contribution in [-0.4, -0.2) is 82.1 Å². The fourth-order valence-corrected chi connectivity index (χ4v) is 7.69. The average molecular weight is 581 g/mol. The summed E-state index contributed by atoms with van der Waals surface area (Å²) >= 11 is 0. The van der Waals surface area contributed by atoms with Crippen LogP contribution in [0.25, 0.3) is 0 Å². The van der Waals surface area contributed by atoms with Crippen LogP contribution in [0.4, 0.5) is 10.5 Å². The van der Waals surface area contributed by atoms with Crippen LogP contribution in [0.2, 0.25) is 0 Å². The van der Waals surface area contributed by atoms with E-state index in [0.717, 1.165) is 16.9 Å². The first-order valence-corrected chi connectivity index (χ1v) is 15.1. The summed E-state index contributed by atoms with van der Waals surface area (Å²) in [6, 6.07) is 7.44. The zero-order chi connectivity index (χ0) is 29.3. The van der Waals surface area contributed by atoms with Gasteiger partial charge in [0.15, 0.2) is 5.03 Å². The van der Waals surface area contributed by atoms with Gasteiger partial charge in [-0.25, -0.2) is 23.2 Å². The minimum atomic E-state index is -3.97. The molecule has 0 aliphatic carbocycles. The van der Waals surface area contributed by atoms with Gasteiger partial charge in [-0.15, -0.1) is 0 Å². The molecule has 1 saturated heterocycles. The average Bonchev–Trinajstić information content (AvgIpc) is 3.54. The molecular weight excluding hydrogens is 544 g/mol. The van der Waals surface area contributed by atoms with Crippen LogP contribution in [0.3, 0.4) is 0 Å². The Balaban J connectivity index is 1.51. The van der Waals surface area contributed by atoms with E-state index in [2.05, 4.69) is 20.9 Å². The maximum atomic E-state index is 14.4. The van der Waals surface area contributed by atoms with Crippen LogP contribution in [0.1, 0.15) is 35.4 Å². The van der Waals surface area contributed by atoms with Crippen molar-refractivity contribution < 1.29 is 17.9 Å². The molecule has 1 amide bonds. The molecule has 218 valence electrons. The predicted octanol–water partition coefficient (Wildman–Crippen LogP) is 2.43. The summed E-state index contributed by atoms with van der Waals surface area (Å²) < 4.78 is 38.9. The molecule has 1 fully saturated rings. The number of benzene rings is 1. The molecule has 0 spiro atoms. The third-order valence-corrected chi connectivity index (χ3v) is 10.3. The molecule has 41 heavy (non-hydrogen) atoms. The highest BCUT2D eigenvalue weighted by molar-refractivity contribution is 7.89. The number of nitriles is 1. The van der Waals surface area contributed by atoms with E-state index in [1.807, 2.05) is 29.9 Å². The Labute approximate surface area is 240 Å². The van der Waals surface area contributed by atoms with E-state index >= 15 is 0 Å². The van der Waals surface area contributed by atoms with E-state index < -0.39 is 16.1 Å². The van der Waals surface area contributed by atoms with Crippen molar-refractivity contribution in [1.82, 2.24) is 28.3 Å². The highest BCUT2D eigenvalue weighted by Crippen LogP contribution is 2.34. The summed E-state index contributed by atoms with van der Waals surface area (Å²) in [5.74, 6) is 0.0621. The molecule has 0 saturated carbocycles. The van der Waals surface area contributed by atoms with Gasteiger partial charge in [-0.3, -0.25) is 0 Å². The fraction of sp³-hybridized carbons (Fsp3) is 0.500. The summed E-state index contributed by atoms with van der Waals surface area (Å²) in [6.07, 6.45) is 6.54. The van der Waals surface area contributed by atoms with Crippen LogP contribution in [0.15, 0.2) is 42.1 Å². The van der Waals surface area contributed by atoms with Crippen molar-refractivity contribution in [3.8, 4) is 6.07 Å². The van der Waals surface area contributed by atoms with Gasteiger partial charge in [0, 0.05) is 58.2 Å². The number of hydrogen-bond donors (Lipinski definition) is 0. The Hall–Kier alpha value is -3.89. The maximum Gasteiger partial charge on any atom is 0.409 e. The standard InChI is InChI=1S/C28H36N8O4S/c1-20-27(31-19-32(20)2)41(38,39)36(15-21-7-9-34(10-8-21)28(37)40-4)24-12-23-11-22(13-29)5-6-26(23)35(16-24)17-25-14-30-18-33(25)3/h5-6,11,14,18-19,21,24H,7-10,12,15-17H2,1-4H3. The van der Waals surface area contributed by atoms with Gasteiger partial charge < -0.3 is 23.7 Å². The first-order valence-electron chi connectivity index (χ1n) is 13.7. The Morgan fingerprint density at radius 2 is 1.95 bits per heavy atom. The number of ether oxygens (including phenoxy) is 1. The summed E-state index contributed by atoms with van der Waals surface area (Å²) in [7, 11) is 1.12. The predicted molar refractivity (Wildman–Crippen MR) is 151 cm³/mol. The minimum absolute atomic E-state index is 0.0572. The van der Waals surface area contributed by atoms with Crippen molar-refractivity contribution in [3.63, 3.8) is 0 Å². The van der Waals surface area contributed by atoms with Crippen molar-refractivity contribution in [1.29, 1.82) is 5.26 Å². The number of aryl methyl sites for hydroxylation is 2. The van der Waals surface area contributed by atoms with E-state index in [0.29, 0.717) is 63.2 Å². The second-order valence-corrected chi connectivity index (χ2v) is 12.7. The van der Waals surface area contributed by atoms with Gasteiger partial charge in [0.1, 0.15) is 0 Å². The Bertz CT molecular complexity index is 1570. The lowest BCUT2D eigenvalue weighted by Gasteiger charge is -2.42. The van der Waals surface area contributed by atoms with Crippen LogP contribution >= 0.6 is 0 Å². The van der Waals surface area contributed by atoms with Gasteiger partial charge in [-0.05, 0) is 55.9 Å². The number of likely N-dealkylation sites (tertiary alicyclic amines) is 1. The highest BCUT2D eigenvalue weighted by Gasteiger charge is 2.40. The monoisotopic (exact) mass is 580 g/mol. The molecule has 0 radical (unpaired) electrons. The third kappa shape index (κ3) is 5.67. The van der Waals surface area contributed by atoms with Crippen molar-refractivity contribution in [2.45, 2.75) is 43.8 Å². The van der Waals surface area contributed by atoms with E-state index in [4.69, 9.17) is 4.74 Å². The number of aromatic nitrogens is 4. The van der Waals surface area contributed by atoms with Crippen molar-refractivity contribution in [2.24, 2.45) is 20.0 Å². The number of rotatable bonds is 7. The van der Waals surface area contributed by atoms with E-state index in [-0.39, 0.29) is 17.0 Å². The molecule has 5 rings (SSSR count). The van der Waals surface area contributed by atoms with E-state index in [1.54, 1.807) is 40.1 Å². The second kappa shape index (κ2) is 11.5. The number of methoxy groups -OCH3 is 1. The Kier molecular flexibility index (Phi) is 8.06. The number of nitrogens with zero attached hydrogens (tertiary/aromatic N) is 8. The number of piperidine rings is 1. The first-order chi connectivity index (χ1) is 19.6. The van der Waals surface area contributed by atoms with Gasteiger partial charge >= 0.3 is 6.09 Å². The molecule has 2 aliphatic heterocycles. The summed E-state index contributed by atoms with van der Waals surface area (Å²) in [4.78, 5) is 24.4. The molecule has 4 heterocycles. The lowest BCUT2D eigenvalue weighted by molar-refractivity contribution is 0.101. The quantitative estimate of drug-likeness (QED) is 0.417. The van der Waals surface area contributed by atoms with Gasteiger partial charge in [0.05, 0.1) is 49.3 Å². The second-order valence-electron chi connectivity index (χ2n) is 10.9. The van der Waals surface area contributed by atoms with Gasteiger partial charge in [0.25, 0.3) is 10.0 Å². The molecule has 1 aromatic carbocycles. The van der Waals surface area contributed by atoms with Crippen LogP contribution in [0.5, 0.6) is 0 Å². The van der Waals surface area contributed by atoms with Crippen molar-refractivity contribution in [3.05, 3.63) is 59.6 Å². The summed E-state index contributed by atoms with van der Waals surface area (Å²) in [5.41, 5.74) is 4.02. The lowest BCUT2D eigenvalue weighted by Crippen LogP contribution is -2.53. The number of hydrogen-bond acceptors (Lipinski definition) is 8. The number of amides is 1. The molecule has 13 heteroatoms. The maximum absolute atomic E-state index is 14.4. The Morgan fingerprint density at radius 1 is 1.20 bits per heavy atom. The molecule has 1 unspecified atom stereocenters. The smallest absolute Gasteiger partial charge is 0.409 e. The van der Waals surface area contributed by atoms with Crippen LogP contribution in [0, 0.1) is 24.2 Å². The minimum Gasteiger partial charge on any atom is -0.453 e. The van der Waals surface area contributed by atoms with E-state index in [1.165, 1.54) is 13.4 Å². The van der Waals surface area contributed by atoms with Gasteiger partial charge in [0.2, 0.25) is 0 Å². The fourth-order valence-electron chi connectivity index (χ4n) is 5.83. The van der Waals surface area contributed by atoms with Gasteiger partial charge in [-0.2, -0.15) is 9.57 Å². The normalized spacial score (nSPS) is 17.9. The zero-order valence-corrected chi connectivity index (χ0v) is 24.7. The number of anilines is 1. The number of carbonyl (C=O) groups is 1. The van der Waals surface area contributed by atoms with Crippen LogP contribution in [-0.2, 0) is 41.8 Å². The van der Waals surface area contributed by atoms with Crippen molar-refractivity contribution in [2.75, 3.05) is 38.2 Å². The number of sulfonamides is 1. The molecule has 0 N–H and O–H groups in total.